The van der Waals surface area contributed by atoms with Gasteiger partial charge in [0, 0.05) is 19.2 Å². The highest BCUT2D eigenvalue weighted by molar-refractivity contribution is 7.91. The molecule has 1 aliphatic heterocycles. The third-order valence-electron chi connectivity index (χ3n) is 5.62. The topological polar surface area (TPSA) is 93.5 Å². The van der Waals surface area contributed by atoms with E-state index in [2.05, 4.69) is 27.4 Å². The fourth-order valence-electron chi connectivity index (χ4n) is 4.09. The first kappa shape index (κ1) is 23.4. The summed E-state index contributed by atoms with van der Waals surface area (Å²) in [5.74, 6) is 0.613. The van der Waals surface area contributed by atoms with Crippen molar-refractivity contribution in [2.45, 2.75) is 38.8 Å². The molecule has 3 rings (SSSR count). The van der Waals surface area contributed by atoms with Gasteiger partial charge in [0.15, 0.2) is 9.84 Å². The van der Waals surface area contributed by atoms with Crippen molar-refractivity contribution in [2.24, 2.45) is 0 Å². The minimum Gasteiger partial charge on any atom is -0.383 e. The maximum Gasteiger partial charge on any atom is 0.239 e. The molecule has 0 unspecified atom stereocenters. The smallest absolute Gasteiger partial charge is 0.239 e. The number of carbonyl (C=O) groups excluding carboxylic acids is 1. The molecule has 0 saturated carbocycles. The summed E-state index contributed by atoms with van der Waals surface area (Å²) in [5, 5.41) is 7.38. The number of aromatic nitrogens is 2. The minimum atomic E-state index is -3.05. The van der Waals surface area contributed by atoms with Crippen molar-refractivity contribution in [3.05, 3.63) is 47.7 Å². The van der Waals surface area contributed by atoms with Gasteiger partial charge in [-0.05, 0) is 31.9 Å². The van der Waals surface area contributed by atoms with Crippen LogP contribution in [-0.2, 0) is 25.8 Å². The van der Waals surface area contributed by atoms with Crippen molar-refractivity contribution in [1.82, 2.24) is 14.7 Å². The van der Waals surface area contributed by atoms with E-state index in [-0.39, 0.29) is 36.0 Å². The van der Waals surface area contributed by atoms with Gasteiger partial charge in [-0.25, -0.2) is 13.1 Å². The second-order valence-corrected chi connectivity index (χ2v) is 10.3. The van der Waals surface area contributed by atoms with Crippen LogP contribution >= 0.6 is 0 Å². The number of methoxy groups -OCH3 is 1. The van der Waals surface area contributed by atoms with Crippen LogP contribution in [0.5, 0.6) is 0 Å². The van der Waals surface area contributed by atoms with E-state index in [4.69, 9.17) is 4.74 Å². The average molecular weight is 449 g/mol. The number of nitrogens with one attached hydrogen (secondary N) is 1. The number of aryl methyl sites for hydroxylation is 1. The van der Waals surface area contributed by atoms with Crippen LogP contribution in [0, 0.1) is 6.92 Å². The molecule has 1 aromatic carbocycles. The third kappa shape index (κ3) is 6.38. The second kappa shape index (κ2) is 10.4. The number of hydrogen-bond acceptors (Lipinski definition) is 6. The minimum absolute atomic E-state index is 0.0606. The van der Waals surface area contributed by atoms with Crippen LogP contribution in [-0.4, -0.2) is 73.4 Å². The molecule has 2 heterocycles. The molecule has 1 fully saturated rings. The Morgan fingerprint density at radius 3 is 2.71 bits per heavy atom. The number of amides is 1. The number of carbonyl (C=O) groups is 1. The van der Waals surface area contributed by atoms with Crippen molar-refractivity contribution >= 4 is 21.6 Å². The maximum absolute atomic E-state index is 12.9. The molecule has 31 heavy (non-hydrogen) atoms. The van der Waals surface area contributed by atoms with Crippen molar-refractivity contribution < 1.29 is 17.9 Å². The van der Waals surface area contributed by atoms with E-state index in [1.807, 2.05) is 32.0 Å². The Kier molecular flexibility index (Phi) is 7.85. The van der Waals surface area contributed by atoms with E-state index < -0.39 is 9.84 Å². The van der Waals surface area contributed by atoms with Crippen LogP contribution in [0.1, 0.15) is 30.6 Å². The summed E-state index contributed by atoms with van der Waals surface area (Å²) in [4.78, 5) is 15.0. The number of benzene rings is 1. The standard InChI is InChI=1S/C22H32N4O4S/c1-4-25(20(15-30-3)13-18-8-6-5-7-9-18)14-22(27)23-21-12-17(2)24-26(21)19-10-11-31(28,29)16-19/h5-9,12,19-20H,4,10-11,13-16H2,1-3H3,(H,23,27)/t19-,20-/m1/s1. The molecule has 0 radical (unpaired) electrons. The van der Waals surface area contributed by atoms with Crippen LogP contribution in [0.3, 0.4) is 0 Å². The molecule has 0 spiro atoms. The highest BCUT2D eigenvalue weighted by Crippen LogP contribution is 2.27. The molecule has 1 aromatic heterocycles. The van der Waals surface area contributed by atoms with E-state index in [9.17, 15) is 13.2 Å². The van der Waals surface area contributed by atoms with Crippen molar-refractivity contribution in [2.75, 3.05) is 43.6 Å². The highest BCUT2D eigenvalue weighted by Gasteiger charge is 2.31. The fraction of sp³-hybridized carbons (Fsp3) is 0.545. The monoisotopic (exact) mass is 448 g/mol. The number of likely N-dealkylation sites (N-methyl/N-ethyl adjacent to an activating group) is 1. The summed E-state index contributed by atoms with van der Waals surface area (Å²) in [6.07, 6.45) is 1.30. The molecule has 8 nitrogen and oxygen atoms in total. The lowest BCUT2D eigenvalue weighted by molar-refractivity contribution is -0.118. The van der Waals surface area contributed by atoms with E-state index in [1.165, 1.54) is 5.56 Å². The summed E-state index contributed by atoms with van der Waals surface area (Å²) in [6, 6.07) is 11.8. The van der Waals surface area contributed by atoms with Gasteiger partial charge in [-0.1, -0.05) is 37.3 Å². The van der Waals surface area contributed by atoms with Crippen LogP contribution in [0.4, 0.5) is 5.82 Å². The third-order valence-corrected chi connectivity index (χ3v) is 7.37. The molecule has 1 amide bonds. The van der Waals surface area contributed by atoms with Crippen LogP contribution in [0.2, 0.25) is 0 Å². The first-order valence-corrected chi connectivity index (χ1v) is 12.5. The first-order valence-electron chi connectivity index (χ1n) is 10.6. The molecular weight excluding hydrogens is 416 g/mol. The number of sulfone groups is 1. The lowest BCUT2D eigenvalue weighted by Crippen LogP contribution is -2.44. The average Bonchev–Trinajstić information content (AvgIpc) is 3.27. The largest absolute Gasteiger partial charge is 0.383 e. The molecule has 9 heteroatoms. The number of rotatable bonds is 10. The Hall–Kier alpha value is -2.23. The molecule has 170 valence electrons. The lowest BCUT2D eigenvalue weighted by Gasteiger charge is -2.30. The molecule has 1 aliphatic rings. The molecule has 0 bridgehead atoms. The Bertz CT molecular complexity index is 975. The summed E-state index contributed by atoms with van der Waals surface area (Å²) in [7, 11) is -1.38. The molecule has 2 aromatic rings. The summed E-state index contributed by atoms with van der Waals surface area (Å²) < 4.78 is 30.8. The summed E-state index contributed by atoms with van der Waals surface area (Å²) in [5.41, 5.74) is 1.94. The fourth-order valence-corrected chi connectivity index (χ4v) is 5.79. The quantitative estimate of drug-likeness (QED) is 0.598. The summed E-state index contributed by atoms with van der Waals surface area (Å²) in [6.45, 7) is 5.30. The molecule has 1 N–H and O–H groups in total. The van der Waals surface area contributed by atoms with Gasteiger partial charge in [-0.15, -0.1) is 0 Å². The van der Waals surface area contributed by atoms with Crippen molar-refractivity contribution in [3.8, 4) is 0 Å². The van der Waals surface area contributed by atoms with Gasteiger partial charge in [0.05, 0.1) is 36.4 Å². The van der Waals surface area contributed by atoms with Crippen LogP contribution < -0.4 is 5.32 Å². The Balaban J connectivity index is 1.68. The van der Waals surface area contributed by atoms with Gasteiger partial charge in [-0.3, -0.25) is 9.69 Å². The maximum atomic E-state index is 12.9. The molecular formula is C22H32N4O4S. The van der Waals surface area contributed by atoms with E-state index in [0.29, 0.717) is 25.4 Å². The van der Waals surface area contributed by atoms with Gasteiger partial charge < -0.3 is 10.1 Å². The summed E-state index contributed by atoms with van der Waals surface area (Å²) >= 11 is 0. The van der Waals surface area contributed by atoms with Gasteiger partial charge in [-0.2, -0.15) is 5.10 Å². The molecule has 0 aliphatic carbocycles. The number of anilines is 1. The Morgan fingerprint density at radius 2 is 2.10 bits per heavy atom. The van der Waals surface area contributed by atoms with E-state index >= 15 is 0 Å². The predicted octanol–water partition coefficient (Wildman–Crippen LogP) is 2.07. The predicted molar refractivity (Wildman–Crippen MR) is 121 cm³/mol. The van der Waals surface area contributed by atoms with Crippen LogP contribution in [0.25, 0.3) is 0 Å². The van der Waals surface area contributed by atoms with Gasteiger partial charge in [0.1, 0.15) is 5.82 Å². The van der Waals surface area contributed by atoms with Crippen LogP contribution in [0.15, 0.2) is 36.4 Å². The zero-order valence-corrected chi connectivity index (χ0v) is 19.3. The van der Waals surface area contributed by atoms with Gasteiger partial charge >= 0.3 is 0 Å². The molecule has 2 atom stereocenters. The first-order chi connectivity index (χ1) is 14.8. The molecule has 1 saturated heterocycles. The highest BCUT2D eigenvalue weighted by atomic mass is 32.2. The van der Waals surface area contributed by atoms with Crippen molar-refractivity contribution in [1.29, 1.82) is 0 Å². The zero-order valence-electron chi connectivity index (χ0n) is 18.5. The van der Waals surface area contributed by atoms with Crippen molar-refractivity contribution in [3.63, 3.8) is 0 Å². The SMILES string of the molecule is CCN(CC(=O)Nc1cc(C)nn1[C@@H]1CCS(=O)(=O)C1)[C@@H](COC)Cc1ccccc1. The van der Waals surface area contributed by atoms with E-state index in [0.717, 1.165) is 12.1 Å². The normalized spacial score (nSPS) is 18.9. The number of hydrogen-bond donors (Lipinski definition) is 1. The Morgan fingerprint density at radius 1 is 1.35 bits per heavy atom. The van der Waals surface area contributed by atoms with Gasteiger partial charge in [0.25, 0.3) is 0 Å². The second-order valence-electron chi connectivity index (χ2n) is 8.08. The Labute approximate surface area is 184 Å². The number of nitrogens with zero attached hydrogens (tertiary/aromatic N) is 3. The van der Waals surface area contributed by atoms with E-state index in [1.54, 1.807) is 17.9 Å². The van der Waals surface area contributed by atoms with Gasteiger partial charge in [0.2, 0.25) is 5.91 Å². The zero-order chi connectivity index (χ0) is 22.4. The lowest BCUT2D eigenvalue weighted by atomic mass is 10.1. The number of ether oxygens (including phenoxy) is 1.